The number of nitrogens with zero attached hydrogens (tertiary/aromatic N) is 1. The molecule has 0 saturated carbocycles. The predicted octanol–water partition coefficient (Wildman–Crippen LogP) is 4.72. The molecule has 2 aromatic carbocycles. The number of cyclic esters (lactones) is 1. The van der Waals surface area contributed by atoms with E-state index in [1.807, 2.05) is 31.2 Å². The highest BCUT2D eigenvalue weighted by Gasteiger charge is 2.43. The van der Waals surface area contributed by atoms with Crippen molar-refractivity contribution in [2.75, 3.05) is 19.3 Å². The number of sulfonamides is 1. The average Bonchev–Trinajstić information content (AvgIpc) is 2.71. The Labute approximate surface area is 191 Å². The van der Waals surface area contributed by atoms with Crippen molar-refractivity contribution in [2.45, 2.75) is 37.8 Å². The lowest BCUT2D eigenvalue weighted by molar-refractivity contribution is -0.0662. The maximum atomic E-state index is 13.5. The maximum Gasteiger partial charge on any atom is 0.411 e. The highest BCUT2D eigenvalue weighted by atomic mass is 79.9. The molecule has 0 aromatic heterocycles. The van der Waals surface area contributed by atoms with Crippen LogP contribution in [0.1, 0.15) is 43.4 Å². The third kappa shape index (κ3) is 6.05. The van der Waals surface area contributed by atoms with Crippen LogP contribution in [0.5, 0.6) is 0 Å². The van der Waals surface area contributed by atoms with E-state index in [0.29, 0.717) is 31.4 Å². The summed E-state index contributed by atoms with van der Waals surface area (Å²) in [5.74, 6) is -0.371. The number of hydrogen-bond donors (Lipinski definition) is 1. The highest BCUT2D eigenvalue weighted by molar-refractivity contribution is 9.10. The molecule has 6 nitrogen and oxygen atoms in total. The summed E-state index contributed by atoms with van der Waals surface area (Å²) in [6.07, 6.45) is 2.07. The van der Waals surface area contributed by atoms with Crippen molar-refractivity contribution >= 4 is 32.0 Å². The van der Waals surface area contributed by atoms with Crippen molar-refractivity contribution in [3.05, 3.63) is 69.9 Å². The van der Waals surface area contributed by atoms with Gasteiger partial charge in [0.25, 0.3) is 0 Å². The summed E-state index contributed by atoms with van der Waals surface area (Å²) in [4.78, 5) is 14.7. The van der Waals surface area contributed by atoms with Crippen LogP contribution in [0.25, 0.3) is 0 Å². The Morgan fingerprint density at radius 2 is 1.97 bits per heavy atom. The van der Waals surface area contributed by atoms with Gasteiger partial charge in [0.15, 0.2) is 0 Å². The molecule has 1 fully saturated rings. The normalized spacial score (nSPS) is 20.4. The van der Waals surface area contributed by atoms with Gasteiger partial charge in [0.1, 0.15) is 11.4 Å². The molecule has 1 heterocycles. The van der Waals surface area contributed by atoms with Gasteiger partial charge in [-0.25, -0.2) is 22.3 Å². The third-order valence-electron chi connectivity index (χ3n) is 5.56. The number of rotatable bonds is 8. The van der Waals surface area contributed by atoms with E-state index in [9.17, 15) is 17.6 Å². The van der Waals surface area contributed by atoms with Gasteiger partial charge in [-0.15, -0.1) is 0 Å². The predicted molar refractivity (Wildman–Crippen MR) is 121 cm³/mol. The second kappa shape index (κ2) is 9.67. The maximum absolute atomic E-state index is 13.5. The number of amides is 1. The average molecular weight is 513 g/mol. The van der Waals surface area contributed by atoms with Crippen molar-refractivity contribution in [1.82, 2.24) is 9.62 Å². The molecule has 168 valence electrons. The van der Waals surface area contributed by atoms with Crippen LogP contribution >= 0.6 is 15.9 Å². The molecule has 3 rings (SSSR count). The smallest absolute Gasteiger partial charge is 0.411 e. The molecule has 1 aliphatic rings. The lowest BCUT2D eigenvalue weighted by Crippen LogP contribution is -2.49. The Bertz CT molecular complexity index is 1030. The minimum atomic E-state index is -3.30. The van der Waals surface area contributed by atoms with E-state index < -0.39 is 21.7 Å². The summed E-state index contributed by atoms with van der Waals surface area (Å²) in [5, 5.41) is 0. The van der Waals surface area contributed by atoms with Gasteiger partial charge in [0.2, 0.25) is 10.0 Å². The summed E-state index contributed by atoms with van der Waals surface area (Å²) >= 11 is 3.46. The van der Waals surface area contributed by atoms with Gasteiger partial charge >= 0.3 is 6.09 Å². The first-order valence-electron chi connectivity index (χ1n) is 10.1. The number of hydrogen-bond acceptors (Lipinski definition) is 4. The lowest BCUT2D eigenvalue weighted by atomic mass is 9.84. The van der Waals surface area contributed by atoms with Crippen molar-refractivity contribution < 1.29 is 22.3 Å². The first-order valence-corrected chi connectivity index (χ1v) is 12.7. The van der Waals surface area contributed by atoms with E-state index in [2.05, 4.69) is 20.7 Å². The van der Waals surface area contributed by atoms with Gasteiger partial charge in [-0.05, 0) is 55.2 Å². The minimum absolute atomic E-state index is 0.178. The van der Waals surface area contributed by atoms with Crippen LogP contribution in [-0.2, 0) is 20.4 Å². The largest absolute Gasteiger partial charge is 0.438 e. The fourth-order valence-corrected chi connectivity index (χ4v) is 4.81. The molecule has 31 heavy (non-hydrogen) atoms. The van der Waals surface area contributed by atoms with Crippen LogP contribution in [0, 0.1) is 5.82 Å². The topological polar surface area (TPSA) is 75.7 Å². The van der Waals surface area contributed by atoms with E-state index in [4.69, 9.17) is 4.74 Å². The Balaban J connectivity index is 1.79. The summed E-state index contributed by atoms with van der Waals surface area (Å²) < 4.78 is 45.6. The lowest BCUT2D eigenvalue weighted by Gasteiger charge is -2.43. The quantitative estimate of drug-likeness (QED) is 0.519. The minimum Gasteiger partial charge on any atom is -0.438 e. The molecule has 0 spiro atoms. The molecule has 0 radical (unpaired) electrons. The van der Waals surface area contributed by atoms with E-state index in [-0.39, 0.29) is 18.4 Å². The fourth-order valence-electron chi connectivity index (χ4n) is 3.88. The second-order valence-electron chi connectivity index (χ2n) is 7.81. The molecule has 9 heteroatoms. The Morgan fingerprint density at radius 1 is 1.26 bits per heavy atom. The Morgan fingerprint density at radius 3 is 2.58 bits per heavy atom. The molecular formula is C22H26BrFN2O4S. The van der Waals surface area contributed by atoms with Crippen LogP contribution in [0.3, 0.4) is 0 Å². The van der Waals surface area contributed by atoms with Gasteiger partial charge in [-0.1, -0.05) is 40.2 Å². The number of carbonyl (C=O) groups is 1. The number of carbonyl (C=O) groups excluding carboxylic acids is 1. The fraction of sp³-hybridized carbons (Fsp3) is 0.409. The summed E-state index contributed by atoms with van der Waals surface area (Å²) in [7, 11) is -3.30. The first kappa shape index (κ1) is 23.7. The van der Waals surface area contributed by atoms with Gasteiger partial charge in [0, 0.05) is 24.0 Å². The van der Waals surface area contributed by atoms with Crippen molar-refractivity contribution in [2.24, 2.45) is 0 Å². The number of nitrogens with one attached hydrogen (secondary N) is 1. The number of halogens is 2. The van der Waals surface area contributed by atoms with Gasteiger partial charge in [-0.3, -0.25) is 0 Å². The molecule has 1 amide bonds. The molecule has 2 atom stereocenters. The van der Waals surface area contributed by atoms with Gasteiger partial charge in [-0.2, -0.15) is 0 Å². The van der Waals surface area contributed by atoms with E-state index >= 15 is 0 Å². The Kier molecular flexibility index (Phi) is 7.39. The first-order chi connectivity index (χ1) is 14.6. The second-order valence-corrected chi connectivity index (χ2v) is 10.6. The molecule has 1 saturated heterocycles. The van der Waals surface area contributed by atoms with Crippen molar-refractivity contribution in [1.29, 1.82) is 0 Å². The van der Waals surface area contributed by atoms with E-state index in [1.54, 1.807) is 17.0 Å². The van der Waals surface area contributed by atoms with Crippen LogP contribution in [0.15, 0.2) is 53.0 Å². The number of ether oxygens (including phenoxy) is 1. The zero-order valence-corrected chi connectivity index (χ0v) is 19.9. The zero-order valence-electron chi connectivity index (χ0n) is 17.5. The summed E-state index contributed by atoms with van der Waals surface area (Å²) in [6.45, 7) is 2.64. The van der Waals surface area contributed by atoms with Crippen molar-refractivity contribution in [3.8, 4) is 0 Å². The summed E-state index contributed by atoms with van der Waals surface area (Å²) in [5.41, 5.74) is 0.756. The van der Waals surface area contributed by atoms with Crippen molar-refractivity contribution in [3.63, 3.8) is 0 Å². The van der Waals surface area contributed by atoms with E-state index in [1.165, 1.54) is 12.1 Å². The molecule has 1 aliphatic heterocycles. The molecule has 0 bridgehead atoms. The zero-order chi connectivity index (χ0) is 22.6. The number of benzene rings is 2. The molecule has 0 aliphatic carbocycles. The molecular weight excluding hydrogens is 487 g/mol. The SMILES string of the molecule is C[C@@H](c1cccc(Br)c1)N1CC[C@@](CCCNS(C)(=O)=O)(c2ccc(F)cc2)OC1=O. The van der Waals surface area contributed by atoms with Crippen LogP contribution in [0.4, 0.5) is 9.18 Å². The summed E-state index contributed by atoms with van der Waals surface area (Å²) in [6, 6.07) is 13.5. The monoisotopic (exact) mass is 512 g/mol. The standard InChI is InChI=1S/C22H26BrFN2O4S/c1-16(17-5-3-6-19(23)15-17)26-14-12-22(30-21(26)27,11-4-13-25-31(2,28)29)18-7-9-20(24)10-8-18/h3,5-10,15-16,25H,4,11-14H2,1-2H3/t16-,22-/m0/s1. The van der Waals surface area contributed by atoms with Crippen LogP contribution in [-0.4, -0.2) is 38.8 Å². The van der Waals surface area contributed by atoms with Gasteiger partial charge in [0.05, 0.1) is 12.3 Å². The Hall–Kier alpha value is -1.97. The van der Waals surface area contributed by atoms with E-state index in [0.717, 1.165) is 16.3 Å². The highest BCUT2D eigenvalue weighted by Crippen LogP contribution is 2.40. The molecule has 1 N–H and O–H groups in total. The molecule has 0 unspecified atom stereocenters. The molecule has 2 aromatic rings. The van der Waals surface area contributed by atoms with Crippen LogP contribution < -0.4 is 4.72 Å². The van der Waals surface area contributed by atoms with Crippen LogP contribution in [0.2, 0.25) is 0 Å². The van der Waals surface area contributed by atoms with Gasteiger partial charge < -0.3 is 9.64 Å². The third-order valence-corrected chi connectivity index (χ3v) is 6.79.